The average molecular weight is 431 g/mol. The molecule has 0 amide bonds. The largest absolute Gasteiger partial charge is 0.453 e. The van der Waals surface area contributed by atoms with Crippen molar-refractivity contribution in [3.8, 4) is 0 Å². The van der Waals surface area contributed by atoms with Gasteiger partial charge in [-0.15, -0.1) is 0 Å². The minimum Gasteiger partial charge on any atom is -0.453 e. The predicted molar refractivity (Wildman–Crippen MR) is 115 cm³/mol. The summed E-state index contributed by atoms with van der Waals surface area (Å²) in [5, 5.41) is 4.60. The Morgan fingerprint density at radius 1 is 1.23 bits per heavy atom. The van der Waals surface area contributed by atoms with E-state index >= 15 is 0 Å². The van der Waals surface area contributed by atoms with Gasteiger partial charge >= 0.3 is 0 Å². The lowest BCUT2D eigenvalue weighted by atomic mass is 10.0. The van der Waals surface area contributed by atoms with E-state index in [0.29, 0.717) is 41.3 Å². The molecule has 0 bridgehead atoms. The SMILES string of the molecule is Cc1c(C(=O)CNCC(c2ccccc2Cl)N2CCOCC2)oc2ccc(F)cc12. The van der Waals surface area contributed by atoms with Gasteiger partial charge in [0.2, 0.25) is 5.78 Å². The second-order valence-corrected chi connectivity index (χ2v) is 7.84. The number of fused-ring (bicyclic) bond motifs is 1. The van der Waals surface area contributed by atoms with Gasteiger partial charge in [-0.3, -0.25) is 9.69 Å². The van der Waals surface area contributed by atoms with Crippen LogP contribution in [0.25, 0.3) is 11.0 Å². The van der Waals surface area contributed by atoms with Crippen LogP contribution in [0.15, 0.2) is 46.9 Å². The van der Waals surface area contributed by atoms with Crippen LogP contribution in [0.5, 0.6) is 0 Å². The Kier molecular flexibility index (Phi) is 6.49. The summed E-state index contributed by atoms with van der Waals surface area (Å²) >= 11 is 6.46. The van der Waals surface area contributed by atoms with Crippen molar-refractivity contribution in [2.75, 3.05) is 39.4 Å². The van der Waals surface area contributed by atoms with Crippen LogP contribution in [0, 0.1) is 12.7 Å². The molecule has 5 nitrogen and oxygen atoms in total. The number of halogens is 2. The van der Waals surface area contributed by atoms with Crippen molar-refractivity contribution in [2.45, 2.75) is 13.0 Å². The Balaban J connectivity index is 1.47. The molecule has 1 N–H and O–H groups in total. The monoisotopic (exact) mass is 430 g/mol. The van der Waals surface area contributed by atoms with E-state index in [1.807, 2.05) is 24.3 Å². The molecular formula is C23H24ClFN2O3. The van der Waals surface area contributed by atoms with Gasteiger partial charge in [0.25, 0.3) is 0 Å². The van der Waals surface area contributed by atoms with Crippen LogP contribution >= 0.6 is 11.6 Å². The zero-order valence-corrected chi connectivity index (χ0v) is 17.5. The van der Waals surface area contributed by atoms with Crippen LogP contribution in [0.3, 0.4) is 0 Å². The second kappa shape index (κ2) is 9.27. The fourth-order valence-electron chi connectivity index (χ4n) is 3.93. The zero-order chi connectivity index (χ0) is 21.1. The lowest BCUT2D eigenvalue weighted by Gasteiger charge is -2.35. The Labute approximate surface area is 179 Å². The number of furan rings is 1. The number of morpholine rings is 1. The number of rotatable bonds is 7. The van der Waals surface area contributed by atoms with Crippen molar-refractivity contribution in [1.82, 2.24) is 10.2 Å². The smallest absolute Gasteiger partial charge is 0.212 e. The van der Waals surface area contributed by atoms with Crippen molar-refractivity contribution in [1.29, 1.82) is 0 Å². The first-order chi connectivity index (χ1) is 14.5. The van der Waals surface area contributed by atoms with Crippen molar-refractivity contribution in [2.24, 2.45) is 0 Å². The molecule has 30 heavy (non-hydrogen) atoms. The Bertz CT molecular complexity index is 1050. The van der Waals surface area contributed by atoms with Crippen molar-refractivity contribution >= 4 is 28.4 Å². The topological polar surface area (TPSA) is 54.7 Å². The molecule has 0 radical (unpaired) electrons. The maximum atomic E-state index is 13.5. The first-order valence-electron chi connectivity index (χ1n) is 10.0. The van der Waals surface area contributed by atoms with E-state index in [-0.39, 0.29) is 29.9 Å². The number of nitrogens with zero attached hydrogens (tertiary/aromatic N) is 1. The lowest BCUT2D eigenvalue weighted by Crippen LogP contribution is -2.43. The van der Waals surface area contributed by atoms with Gasteiger partial charge in [-0.25, -0.2) is 4.39 Å². The highest BCUT2D eigenvalue weighted by Crippen LogP contribution is 2.28. The van der Waals surface area contributed by atoms with Crippen LogP contribution in [0.4, 0.5) is 4.39 Å². The summed E-state index contributed by atoms with van der Waals surface area (Å²) in [7, 11) is 0. The van der Waals surface area contributed by atoms with E-state index in [0.717, 1.165) is 18.7 Å². The van der Waals surface area contributed by atoms with Crippen molar-refractivity contribution < 1.29 is 18.3 Å². The van der Waals surface area contributed by atoms with E-state index in [9.17, 15) is 9.18 Å². The van der Waals surface area contributed by atoms with Gasteiger partial charge in [0.05, 0.1) is 19.8 Å². The van der Waals surface area contributed by atoms with Crippen molar-refractivity contribution in [3.63, 3.8) is 0 Å². The summed E-state index contributed by atoms with van der Waals surface area (Å²) in [6.07, 6.45) is 0. The van der Waals surface area contributed by atoms with E-state index in [1.165, 1.54) is 12.1 Å². The molecule has 4 rings (SSSR count). The second-order valence-electron chi connectivity index (χ2n) is 7.44. The summed E-state index contributed by atoms with van der Waals surface area (Å²) in [5.74, 6) is -0.246. The molecular weight excluding hydrogens is 407 g/mol. The number of Topliss-reactive ketones (excluding diaryl/α,β-unsaturated/α-hetero) is 1. The number of ether oxygens (including phenoxy) is 1. The standard InChI is InChI=1S/C23H24ClFN2O3/c1-15-18-12-16(25)6-7-22(18)30-23(15)21(28)14-26-13-20(27-8-10-29-11-9-27)17-4-2-3-5-19(17)24/h2-7,12,20,26H,8-11,13-14H2,1H3. The third-order valence-corrected chi connectivity index (χ3v) is 5.87. The maximum absolute atomic E-state index is 13.5. The van der Waals surface area contributed by atoms with Crippen molar-refractivity contribution in [3.05, 3.63) is 70.2 Å². The Morgan fingerprint density at radius 2 is 2.00 bits per heavy atom. The van der Waals surface area contributed by atoms with Gasteiger partial charge in [0.1, 0.15) is 11.4 Å². The van der Waals surface area contributed by atoms with Gasteiger partial charge in [-0.05, 0) is 36.8 Å². The molecule has 1 aromatic heterocycles. The van der Waals surface area contributed by atoms with E-state index in [1.54, 1.807) is 13.0 Å². The number of aryl methyl sites for hydroxylation is 1. The molecule has 158 valence electrons. The molecule has 1 fully saturated rings. The third-order valence-electron chi connectivity index (χ3n) is 5.53. The summed E-state index contributed by atoms with van der Waals surface area (Å²) < 4.78 is 24.7. The van der Waals surface area contributed by atoms with E-state index in [2.05, 4.69) is 10.2 Å². The molecule has 0 saturated carbocycles. The van der Waals surface area contributed by atoms with Crippen LogP contribution in [-0.2, 0) is 4.74 Å². The normalized spacial score (nSPS) is 16.1. The van der Waals surface area contributed by atoms with Crippen LogP contribution in [0.1, 0.15) is 27.7 Å². The fraction of sp³-hybridized carbons (Fsp3) is 0.348. The van der Waals surface area contributed by atoms with Gasteiger partial charge in [-0.2, -0.15) is 0 Å². The van der Waals surface area contributed by atoms with Gasteiger partial charge in [0, 0.05) is 41.6 Å². The molecule has 2 aromatic carbocycles. The molecule has 1 saturated heterocycles. The maximum Gasteiger partial charge on any atom is 0.212 e. The quantitative estimate of drug-likeness (QED) is 0.564. The van der Waals surface area contributed by atoms with Crippen LogP contribution in [-0.4, -0.2) is 50.1 Å². The first-order valence-corrected chi connectivity index (χ1v) is 10.4. The van der Waals surface area contributed by atoms with E-state index in [4.69, 9.17) is 20.8 Å². The minimum absolute atomic E-state index is 0.0290. The predicted octanol–water partition coefficient (Wildman–Crippen LogP) is 4.38. The Morgan fingerprint density at radius 3 is 2.77 bits per heavy atom. The number of hydrogen-bond acceptors (Lipinski definition) is 5. The van der Waals surface area contributed by atoms with Gasteiger partial charge < -0.3 is 14.5 Å². The molecule has 0 aliphatic carbocycles. The molecule has 1 unspecified atom stereocenters. The number of benzene rings is 2. The highest BCUT2D eigenvalue weighted by Gasteiger charge is 2.25. The summed E-state index contributed by atoms with van der Waals surface area (Å²) in [6, 6.07) is 12.1. The average Bonchev–Trinajstić information content (AvgIpc) is 3.08. The molecule has 3 aromatic rings. The number of nitrogens with one attached hydrogen (secondary N) is 1. The zero-order valence-electron chi connectivity index (χ0n) is 16.8. The van der Waals surface area contributed by atoms with E-state index < -0.39 is 0 Å². The summed E-state index contributed by atoms with van der Waals surface area (Å²) in [4.78, 5) is 15.1. The molecule has 1 aliphatic rings. The van der Waals surface area contributed by atoms with Crippen LogP contribution < -0.4 is 5.32 Å². The van der Waals surface area contributed by atoms with Gasteiger partial charge in [-0.1, -0.05) is 29.8 Å². The first kappa shape index (κ1) is 21.0. The minimum atomic E-state index is -0.350. The fourth-order valence-corrected chi connectivity index (χ4v) is 4.19. The molecule has 0 spiro atoms. The highest BCUT2D eigenvalue weighted by molar-refractivity contribution is 6.31. The molecule has 1 atom stereocenters. The third kappa shape index (κ3) is 4.42. The molecule has 1 aliphatic heterocycles. The number of carbonyl (C=O) groups is 1. The Hall–Kier alpha value is -2.25. The number of carbonyl (C=O) groups excluding carboxylic acids is 1. The summed E-state index contributed by atoms with van der Waals surface area (Å²) in [5.41, 5.74) is 2.20. The molecule has 2 heterocycles. The van der Waals surface area contributed by atoms with Crippen LogP contribution in [0.2, 0.25) is 5.02 Å². The lowest BCUT2D eigenvalue weighted by molar-refractivity contribution is 0.0162. The summed E-state index contributed by atoms with van der Waals surface area (Å²) in [6.45, 7) is 5.42. The number of hydrogen-bond donors (Lipinski definition) is 1. The number of ketones is 1. The van der Waals surface area contributed by atoms with Gasteiger partial charge in [0.15, 0.2) is 5.76 Å². The highest BCUT2D eigenvalue weighted by atomic mass is 35.5. The molecule has 7 heteroatoms.